The van der Waals surface area contributed by atoms with E-state index in [0.717, 1.165) is 29.2 Å². The zero-order valence-corrected chi connectivity index (χ0v) is 14.8. The summed E-state index contributed by atoms with van der Waals surface area (Å²) in [5.74, 6) is 0. The standard InChI is InChI=1S/C19H21ClN2O3/c1-13(16-10-4-7-14-6-2-3-9-17(14)16)22(18(20)23)15-8-5-11-21(12-15)19(24)25/h2-4,6-7,9-10,13,15H,5,8,11-12H2,1H3,(H,24,25)/t13-,15?/m1/s1. The molecule has 3 rings (SSSR count). The maximum atomic E-state index is 12.2. The van der Waals surface area contributed by atoms with E-state index < -0.39 is 11.5 Å². The molecular weight excluding hydrogens is 340 g/mol. The first-order chi connectivity index (χ1) is 12.0. The van der Waals surface area contributed by atoms with Crippen LogP contribution in [0.4, 0.5) is 9.59 Å². The van der Waals surface area contributed by atoms with Gasteiger partial charge in [-0.15, -0.1) is 0 Å². The number of carboxylic acid groups (broad SMARTS) is 1. The second kappa shape index (κ2) is 7.31. The van der Waals surface area contributed by atoms with Crippen LogP contribution >= 0.6 is 11.6 Å². The van der Waals surface area contributed by atoms with Crippen molar-refractivity contribution in [1.82, 2.24) is 9.80 Å². The van der Waals surface area contributed by atoms with E-state index in [-0.39, 0.29) is 12.1 Å². The summed E-state index contributed by atoms with van der Waals surface area (Å²) in [4.78, 5) is 26.5. The average Bonchev–Trinajstić information content (AvgIpc) is 2.61. The molecule has 1 aliphatic rings. The lowest BCUT2D eigenvalue weighted by Crippen LogP contribution is -2.51. The molecule has 2 aromatic rings. The van der Waals surface area contributed by atoms with Crippen LogP contribution in [0.3, 0.4) is 0 Å². The molecule has 0 aliphatic carbocycles. The van der Waals surface area contributed by atoms with Gasteiger partial charge in [-0.1, -0.05) is 42.5 Å². The van der Waals surface area contributed by atoms with Crippen LogP contribution in [0.1, 0.15) is 31.4 Å². The Balaban J connectivity index is 1.94. The minimum Gasteiger partial charge on any atom is -0.465 e. The van der Waals surface area contributed by atoms with Crippen LogP contribution < -0.4 is 0 Å². The molecule has 2 aromatic carbocycles. The minimum absolute atomic E-state index is 0.219. The molecule has 1 heterocycles. The first-order valence-corrected chi connectivity index (χ1v) is 8.80. The zero-order chi connectivity index (χ0) is 18.0. The largest absolute Gasteiger partial charge is 0.465 e. The van der Waals surface area contributed by atoms with Gasteiger partial charge in [-0.05, 0) is 47.7 Å². The van der Waals surface area contributed by atoms with E-state index in [0.29, 0.717) is 13.1 Å². The maximum absolute atomic E-state index is 12.2. The molecule has 1 N–H and O–H groups in total. The number of hydrogen-bond acceptors (Lipinski definition) is 2. The fourth-order valence-corrected chi connectivity index (χ4v) is 4.02. The Morgan fingerprint density at radius 2 is 1.96 bits per heavy atom. The molecule has 132 valence electrons. The van der Waals surface area contributed by atoms with Gasteiger partial charge in [0, 0.05) is 13.1 Å². The average molecular weight is 361 g/mol. The van der Waals surface area contributed by atoms with Crippen LogP contribution in [0.2, 0.25) is 0 Å². The van der Waals surface area contributed by atoms with Crippen molar-refractivity contribution in [1.29, 1.82) is 0 Å². The van der Waals surface area contributed by atoms with Crippen molar-refractivity contribution < 1.29 is 14.7 Å². The van der Waals surface area contributed by atoms with Crippen molar-refractivity contribution in [2.75, 3.05) is 13.1 Å². The first kappa shape index (κ1) is 17.5. The van der Waals surface area contributed by atoms with Gasteiger partial charge in [0.2, 0.25) is 0 Å². The second-order valence-corrected chi connectivity index (χ2v) is 6.75. The highest BCUT2D eigenvalue weighted by atomic mass is 35.5. The predicted octanol–water partition coefficient (Wildman–Crippen LogP) is 4.70. The van der Waals surface area contributed by atoms with E-state index in [2.05, 4.69) is 0 Å². The molecule has 2 amide bonds. The molecule has 6 heteroatoms. The van der Waals surface area contributed by atoms with Crippen molar-refractivity contribution >= 4 is 33.8 Å². The number of fused-ring (bicyclic) bond motifs is 1. The molecule has 0 spiro atoms. The van der Waals surface area contributed by atoms with Crippen LogP contribution in [-0.2, 0) is 0 Å². The fourth-order valence-electron chi connectivity index (χ4n) is 3.73. The molecule has 0 radical (unpaired) electrons. The zero-order valence-electron chi connectivity index (χ0n) is 14.1. The molecule has 0 saturated carbocycles. The van der Waals surface area contributed by atoms with Gasteiger partial charge in [-0.2, -0.15) is 0 Å². The number of rotatable bonds is 3. The van der Waals surface area contributed by atoms with Crippen LogP contribution in [0.25, 0.3) is 10.8 Å². The summed E-state index contributed by atoms with van der Waals surface area (Å²) in [5, 5.41) is 10.9. The summed E-state index contributed by atoms with van der Waals surface area (Å²) in [6.07, 6.45) is 0.515. The number of halogens is 1. The number of carbonyl (C=O) groups excluding carboxylic acids is 1. The topological polar surface area (TPSA) is 60.9 Å². The third kappa shape index (κ3) is 3.56. The number of nitrogens with zero attached hydrogens (tertiary/aromatic N) is 2. The summed E-state index contributed by atoms with van der Waals surface area (Å²) in [6, 6.07) is 13.6. The van der Waals surface area contributed by atoms with E-state index in [9.17, 15) is 14.7 Å². The summed E-state index contributed by atoms with van der Waals surface area (Å²) in [6.45, 7) is 2.74. The molecule has 1 unspecified atom stereocenters. The van der Waals surface area contributed by atoms with Crippen LogP contribution in [-0.4, -0.2) is 45.5 Å². The first-order valence-electron chi connectivity index (χ1n) is 8.42. The second-order valence-electron chi connectivity index (χ2n) is 6.43. The van der Waals surface area contributed by atoms with Crippen LogP contribution in [0.5, 0.6) is 0 Å². The van der Waals surface area contributed by atoms with Gasteiger partial charge in [0.1, 0.15) is 0 Å². The summed E-state index contributed by atoms with van der Waals surface area (Å²) >= 11 is 5.92. The molecule has 0 aromatic heterocycles. The lowest BCUT2D eigenvalue weighted by Gasteiger charge is -2.40. The minimum atomic E-state index is -0.954. The molecule has 25 heavy (non-hydrogen) atoms. The summed E-state index contributed by atoms with van der Waals surface area (Å²) in [5.41, 5.74) is 1.01. The SMILES string of the molecule is C[C@H](c1cccc2ccccc12)N(C(=O)Cl)C1CCCN(C(=O)O)C1. The lowest BCUT2D eigenvalue weighted by atomic mass is 9.96. The number of likely N-dealkylation sites (tertiary alicyclic amines) is 1. The number of piperidine rings is 1. The number of benzene rings is 2. The van der Waals surface area contributed by atoms with Gasteiger partial charge in [0.25, 0.3) is 0 Å². The Morgan fingerprint density at radius 3 is 2.68 bits per heavy atom. The van der Waals surface area contributed by atoms with Crippen LogP contribution in [0, 0.1) is 0 Å². The summed E-state index contributed by atoms with van der Waals surface area (Å²) in [7, 11) is 0. The normalized spacial score (nSPS) is 18.8. The van der Waals surface area contributed by atoms with Crippen molar-refractivity contribution in [3.05, 3.63) is 48.0 Å². The molecule has 1 saturated heterocycles. The van der Waals surface area contributed by atoms with E-state index >= 15 is 0 Å². The number of carbonyl (C=O) groups is 2. The van der Waals surface area contributed by atoms with Gasteiger partial charge >= 0.3 is 11.5 Å². The van der Waals surface area contributed by atoms with Gasteiger partial charge in [0.15, 0.2) is 0 Å². The molecule has 0 bridgehead atoms. The molecule has 2 atom stereocenters. The molecule has 5 nitrogen and oxygen atoms in total. The highest BCUT2D eigenvalue weighted by molar-refractivity contribution is 6.62. The highest BCUT2D eigenvalue weighted by Gasteiger charge is 2.33. The molecule has 1 aliphatic heterocycles. The fraction of sp³-hybridized carbons (Fsp3) is 0.368. The van der Waals surface area contributed by atoms with E-state index in [4.69, 9.17) is 11.6 Å². The Morgan fingerprint density at radius 1 is 1.24 bits per heavy atom. The van der Waals surface area contributed by atoms with Crippen molar-refractivity contribution in [3.8, 4) is 0 Å². The lowest BCUT2D eigenvalue weighted by molar-refractivity contribution is 0.0895. The summed E-state index contributed by atoms with van der Waals surface area (Å²) < 4.78 is 0. The quantitative estimate of drug-likeness (QED) is 0.637. The third-order valence-corrected chi connectivity index (χ3v) is 5.15. The number of amides is 2. The van der Waals surface area contributed by atoms with Crippen molar-refractivity contribution in [2.45, 2.75) is 31.8 Å². The maximum Gasteiger partial charge on any atom is 0.407 e. The van der Waals surface area contributed by atoms with Crippen molar-refractivity contribution in [2.24, 2.45) is 0 Å². The smallest absolute Gasteiger partial charge is 0.407 e. The van der Waals surface area contributed by atoms with E-state index in [1.165, 1.54) is 4.90 Å². The van der Waals surface area contributed by atoms with Gasteiger partial charge in [-0.3, -0.25) is 4.79 Å². The third-order valence-electron chi connectivity index (χ3n) is 4.95. The number of hydrogen-bond donors (Lipinski definition) is 1. The highest BCUT2D eigenvalue weighted by Crippen LogP contribution is 2.32. The van der Waals surface area contributed by atoms with E-state index in [1.807, 2.05) is 49.4 Å². The molecule has 1 fully saturated rings. The van der Waals surface area contributed by atoms with Crippen LogP contribution in [0.15, 0.2) is 42.5 Å². The van der Waals surface area contributed by atoms with Gasteiger partial charge in [0.05, 0.1) is 12.1 Å². The Labute approximate surface area is 151 Å². The van der Waals surface area contributed by atoms with E-state index in [1.54, 1.807) is 4.90 Å². The molecular formula is C19H21ClN2O3. The van der Waals surface area contributed by atoms with Crippen molar-refractivity contribution in [3.63, 3.8) is 0 Å². The van der Waals surface area contributed by atoms with Gasteiger partial charge < -0.3 is 14.9 Å². The van der Waals surface area contributed by atoms with Gasteiger partial charge in [-0.25, -0.2) is 4.79 Å². The Kier molecular flexibility index (Phi) is 5.13. The Bertz CT molecular complexity index is 790. The Hall–Kier alpha value is -2.27. The monoisotopic (exact) mass is 360 g/mol. The predicted molar refractivity (Wildman–Crippen MR) is 98.1 cm³/mol.